The number of halogens is 1. The minimum absolute atomic E-state index is 0.196. The van der Waals surface area contributed by atoms with Crippen LogP contribution in [0.1, 0.15) is 25.3 Å². The van der Waals surface area contributed by atoms with Crippen LogP contribution in [0.25, 0.3) is 0 Å². The Hall–Kier alpha value is -1.47. The van der Waals surface area contributed by atoms with Crippen molar-refractivity contribution in [1.82, 2.24) is 4.72 Å². The van der Waals surface area contributed by atoms with Crippen molar-refractivity contribution in [1.29, 1.82) is 0 Å². The van der Waals surface area contributed by atoms with Gasteiger partial charge in [0.05, 0.1) is 11.7 Å². The van der Waals surface area contributed by atoms with Crippen LogP contribution in [-0.2, 0) is 20.6 Å². The lowest BCUT2D eigenvalue weighted by Crippen LogP contribution is -2.26. The zero-order valence-electron chi connectivity index (χ0n) is 11.2. The van der Waals surface area contributed by atoms with Crippen LogP contribution in [0.4, 0.5) is 4.39 Å². The lowest BCUT2D eigenvalue weighted by atomic mass is 10.1. The van der Waals surface area contributed by atoms with Gasteiger partial charge < -0.3 is 5.11 Å². The molecule has 1 atom stereocenters. The number of carboxylic acids is 1. The predicted molar refractivity (Wildman–Crippen MR) is 73.1 cm³/mol. The fourth-order valence-electron chi connectivity index (χ4n) is 1.61. The first-order valence-corrected chi connectivity index (χ1v) is 7.90. The zero-order chi connectivity index (χ0) is 15.2. The van der Waals surface area contributed by atoms with Crippen LogP contribution in [-0.4, -0.2) is 26.0 Å². The first-order chi connectivity index (χ1) is 9.30. The molecule has 0 amide bonds. The molecule has 0 aliphatic carbocycles. The highest BCUT2D eigenvalue weighted by Gasteiger charge is 2.13. The third-order valence-electron chi connectivity index (χ3n) is 2.83. The highest BCUT2D eigenvalue weighted by Crippen LogP contribution is 2.08. The summed E-state index contributed by atoms with van der Waals surface area (Å²) in [6, 6.07) is 5.25. The number of benzene rings is 1. The smallest absolute Gasteiger partial charge is 0.306 e. The number of carboxylic acid groups (broad SMARTS) is 1. The maximum atomic E-state index is 12.7. The van der Waals surface area contributed by atoms with Crippen LogP contribution < -0.4 is 4.72 Å². The second-order valence-electron chi connectivity index (χ2n) is 4.66. The number of carbonyl (C=O) groups is 1. The Balaban J connectivity index is 2.38. The van der Waals surface area contributed by atoms with Crippen molar-refractivity contribution < 1.29 is 22.7 Å². The Morgan fingerprint density at radius 2 is 1.95 bits per heavy atom. The van der Waals surface area contributed by atoms with Crippen LogP contribution in [0, 0.1) is 11.7 Å². The number of hydrogen-bond donors (Lipinski definition) is 2. The molecular formula is C13H18FNO4S. The van der Waals surface area contributed by atoms with Crippen LogP contribution in [0.3, 0.4) is 0 Å². The van der Waals surface area contributed by atoms with Crippen LogP contribution in [0.15, 0.2) is 24.3 Å². The zero-order valence-corrected chi connectivity index (χ0v) is 12.0. The van der Waals surface area contributed by atoms with E-state index in [4.69, 9.17) is 5.11 Å². The Labute approximate surface area is 117 Å². The molecule has 0 aliphatic rings. The molecule has 20 heavy (non-hydrogen) atoms. The van der Waals surface area contributed by atoms with E-state index in [1.54, 1.807) is 6.92 Å². The van der Waals surface area contributed by atoms with Crippen molar-refractivity contribution in [3.63, 3.8) is 0 Å². The van der Waals surface area contributed by atoms with E-state index < -0.39 is 27.7 Å². The van der Waals surface area contributed by atoms with Gasteiger partial charge in [0.15, 0.2) is 0 Å². The summed E-state index contributed by atoms with van der Waals surface area (Å²) in [6.45, 7) is 1.77. The van der Waals surface area contributed by atoms with E-state index in [-0.39, 0.29) is 12.3 Å². The molecule has 0 fully saturated rings. The highest BCUT2D eigenvalue weighted by molar-refractivity contribution is 7.88. The molecule has 7 heteroatoms. The van der Waals surface area contributed by atoms with Crippen molar-refractivity contribution in [2.75, 3.05) is 6.54 Å². The normalized spacial score (nSPS) is 13.1. The van der Waals surface area contributed by atoms with Gasteiger partial charge in [0.25, 0.3) is 0 Å². The van der Waals surface area contributed by atoms with Crippen molar-refractivity contribution in [2.45, 2.75) is 25.5 Å². The van der Waals surface area contributed by atoms with E-state index in [0.717, 1.165) is 0 Å². The van der Waals surface area contributed by atoms with Gasteiger partial charge in [0.1, 0.15) is 5.82 Å². The van der Waals surface area contributed by atoms with Crippen molar-refractivity contribution in [2.24, 2.45) is 5.92 Å². The molecule has 0 bridgehead atoms. The molecule has 1 rings (SSSR count). The van der Waals surface area contributed by atoms with Crippen LogP contribution in [0.5, 0.6) is 0 Å². The van der Waals surface area contributed by atoms with Crippen LogP contribution >= 0.6 is 0 Å². The van der Waals surface area contributed by atoms with Gasteiger partial charge in [-0.25, -0.2) is 17.5 Å². The van der Waals surface area contributed by atoms with Gasteiger partial charge in [-0.1, -0.05) is 19.1 Å². The Morgan fingerprint density at radius 3 is 2.50 bits per heavy atom. The maximum Gasteiger partial charge on any atom is 0.306 e. The molecule has 1 aromatic carbocycles. The number of aliphatic carboxylic acids is 1. The SMILES string of the molecule is CC(CCCNS(=O)(=O)Cc1ccc(F)cc1)C(=O)O. The van der Waals surface area contributed by atoms with Gasteiger partial charge >= 0.3 is 5.97 Å². The number of rotatable bonds is 8. The molecule has 0 spiro atoms. The molecule has 2 N–H and O–H groups in total. The topological polar surface area (TPSA) is 83.5 Å². The van der Waals surface area contributed by atoms with E-state index in [1.807, 2.05) is 0 Å². The molecule has 112 valence electrons. The standard InChI is InChI=1S/C13H18FNO4S/c1-10(13(16)17)3-2-8-15-20(18,19)9-11-4-6-12(14)7-5-11/h4-7,10,15H,2-3,8-9H2,1H3,(H,16,17). The molecule has 0 saturated carbocycles. The van der Waals surface area contributed by atoms with E-state index in [9.17, 15) is 17.6 Å². The molecule has 0 aromatic heterocycles. The fraction of sp³-hybridized carbons (Fsp3) is 0.462. The maximum absolute atomic E-state index is 12.7. The highest BCUT2D eigenvalue weighted by atomic mass is 32.2. The first kappa shape index (κ1) is 16.6. The Kier molecular flexibility index (Phi) is 6.09. The lowest BCUT2D eigenvalue weighted by Gasteiger charge is -2.08. The number of nitrogens with one attached hydrogen (secondary N) is 1. The van der Waals surface area contributed by atoms with Gasteiger partial charge in [-0.3, -0.25) is 4.79 Å². The molecule has 0 radical (unpaired) electrons. The van der Waals surface area contributed by atoms with Gasteiger partial charge in [-0.15, -0.1) is 0 Å². The summed E-state index contributed by atoms with van der Waals surface area (Å²) in [4.78, 5) is 10.6. The predicted octanol–water partition coefficient (Wildman–Crippen LogP) is 1.75. The molecule has 0 saturated heterocycles. The summed E-state index contributed by atoms with van der Waals surface area (Å²) in [7, 11) is -3.49. The third kappa shape index (κ3) is 6.12. The monoisotopic (exact) mass is 303 g/mol. The molecule has 1 aromatic rings. The second kappa shape index (κ2) is 7.35. The summed E-state index contributed by atoms with van der Waals surface area (Å²) in [5, 5.41) is 8.69. The quantitative estimate of drug-likeness (QED) is 0.717. The van der Waals surface area contributed by atoms with Gasteiger partial charge in [0.2, 0.25) is 10.0 Å². The van der Waals surface area contributed by atoms with E-state index in [1.165, 1.54) is 24.3 Å². The fourth-order valence-corrected chi connectivity index (χ4v) is 2.80. The molecule has 5 nitrogen and oxygen atoms in total. The van der Waals surface area contributed by atoms with Crippen molar-refractivity contribution >= 4 is 16.0 Å². The molecule has 1 unspecified atom stereocenters. The van der Waals surface area contributed by atoms with Crippen molar-refractivity contribution in [3.8, 4) is 0 Å². The Morgan fingerprint density at radius 1 is 1.35 bits per heavy atom. The first-order valence-electron chi connectivity index (χ1n) is 6.25. The molecular weight excluding hydrogens is 285 g/mol. The van der Waals surface area contributed by atoms with Crippen LogP contribution in [0.2, 0.25) is 0 Å². The summed E-state index contributed by atoms with van der Waals surface area (Å²) in [5.41, 5.74) is 0.498. The Bertz CT molecular complexity index is 542. The van der Waals surface area contributed by atoms with E-state index >= 15 is 0 Å². The summed E-state index contributed by atoms with van der Waals surface area (Å²) in [5.74, 6) is -2.01. The summed E-state index contributed by atoms with van der Waals surface area (Å²) >= 11 is 0. The van der Waals surface area contributed by atoms with Gasteiger partial charge in [-0.2, -0.15) is 0 Å². The minimum Gasteiger partial charge on any atom is -0.481 e. The van der Waals surface area contributed by atoms with Gasteiger partial charge in [0, 0.05) is 6.54 Å². The van der Waals surface area contributed by atoms with E-state index in [2.05, 4.69) is 4.72 Å². The lowest BCUT2D eigenvalue weighted by molar-refractivity contribution is -0.141. The molecule has 0 heterocycles. The summed E-state index contributed by atoms with van der Waals surface area (Å²) in [6.07, 6.45) is 0.866. The summed E-state index contributed by atoms with van der Waals surface area (Å²) < 4.78 is 38.6. The third-order valence-corrected chi connectivity index (χ3v) is 4.18. The average molecular weight is 303 g/mol. The number of sulfonamides is 1. The second-order valence-corrected chi connectivity index (χ2v) is 6.47. The van der Waals surface area contributed by atoms with Gasteiger partial charge in [-0.05, 0) is 30.5 Å². The average Bonchev–Trinajstić information content (AvgIpc) is 2.37. The van der Waals surface area contributed by atoms with Crippen molar-refractivity contribution in [3.05, 3.63) is 35.6 Å². The largest absolute Gasteiger partial charge is 0.481 e. The molecule has 0 aliphatic heterocycles. The number of hydrogen-bond acceptors (Lipinski definition) is 3. The van der Waals surface area contributed by atoms with E-state index in [0.29, 0.717) is 18.4 Å². The minimum atomic E-state index is -3.49.